The lowest BCUT2D eigenvalue weighted by Gasteiger charge is -2.27. The van der Waals surface area contributed by atoms with E-state index in [9.17, 15) is 14.8 Å². The predicted octanol–water partition coefficient (Wildman–Crippen LogP) is 2.90. The molecule has 1 aromatic carbocycles. The Morgan fingerprint density at radius 2 is 2.14 bits per heavy atom. The molecule has 1 aliphatic heterocycles. The zero-order chi connectivity index (χ0) is 19.7. The molecule has 1 fully saturated rings. The van der Waals surface area contributed by atoms with E-state index < -0.39 is 17.9 Å². The molecule has 0 aliphatic carbocycles. The van der Waals surface area contributed by atoms with E-state index in [-0.39, 0.29) is 12.2 Å². The van der Waals surface area contributed by atoms with Gasteiger partial charge in [-0.1, -0.05) is 17.7 Å². The molecule has 28 heavy (non-hydrogen) atoms. The van der Waals surface area contributed by atoms with Gasteiger partial charge < -0.3 is 9.73 Å². The van der Waals surface area contributed by atoms with Gasteiger partial charge in [-0.15, -0.1) is 0 Å². The molecule has 0 bridgehead atoms. The fourth-order valence-corrected chi connectivity index (χ4v) is 3.31. The van der Waals surface area contributed by atoms with E-state index in [0.29, 0.717) is 40.1 Å². The summed E-state index contributed by atoms with van der Waals surface area (Å²) in [5.74, 6) is -0.510. The third-order valence-electron chi connectivity index (χ3n) is 4.49. The molecule has 0 spiro atoms. The number of hydrogen-bond donors (Lipinski definition) is 2. The monoisotopic (exact) mass is 400 g/mol. The van der Waals surface area contributed by atoms with Crippen LogP contribution in [0.5, 0.6) is 0 Å². The molecule has 9 heteroatoms. The minimum atomic E-state index is -0.783. The Hall–Kier alpha value is -3.10. The summed E-state index contributed by atoms with van der Waals surface area (Å²) in [4.78, 5) is 24.7. The molecule has 4 rings (SSSR count). The fraction of sp³-hybridized carbons (Fsp3) is 0.211. The summed E-state index contributed by atoms with van der Waals surface area (Å²) in [6.07, 6.45) is 2.59. The quantitative estimate of drug-likeness (QED) is 0.656. The average molecular weight is 401 g/mol. The number of amides is 2. The SMILES string of the molecule is O=C(NC1CCCN(O)C1=O)c1cc(-c2ccco2)n(-c2cccc(Cl)c2)n1. The van der Waals surface area contributed by atoms with Gasteiger partial charge in [0.05, 0.1) is 12.0 Å². The summed E-state index contributed by atoms with van der Waals surface area (Å²) in [6.45, 7) is 0.261. The van der Waals surface area contributed by atoms with Gasteiger partial charge in [-0.05, 0) is 43.2 Å². The number of hydroxylamine groups is 2. The molecule has 2 N–H and O–H groups in total. The maximum atomic E-state index is 12.7. The third-order valence-corrected chi connectivity index (χ3v) is 4.72. The number of furan rings is 1. The van der Waals surface area contributed by atoms with Crippen LogP contribution in [0.25, 0.3) is 17.1 Å². The molecule has 0 saturated carbocycles. The first-order valence-corrected chi connectivity index (χ1v) is 9.12. The predicted molar refractivity (Wildman–Crippen MR) is 100 cm³/mol. The summed E-state index contributed by atoms with van der Waals surface area (Å²) in [5.41, 5.74) is 1.35. The molecule has 3 heterocycles. The maximum absolute atomic E-state index is 12.7. The molecule has 1 aliphatic rings. The second kappa shape index (κ2) is 7.49. The molecule has 0 radical (unpaired) electrons. The van der Waals surface area contributed by atoms with E-state index >= 15 is 0 Å². The van der Waals surface area contributed by atoms with E-state index in [4.69, 9.17) is 16.0 Å². The molecule has 144 valence electrons. The van der Waals surface area contributed by atoms with Crippen LogP contribution in [0.3, 0.4) is 0 Å². The van der Waals surface area contributed by atoms with E-state index in [0.717, 1.165) is 0 Å². The summed E-state index contributed by atoms with van der Waals surface area (Å²) in [5, 5.41) is 17.8. The van der Waals surface area contributed by atoms with Gasteiger partial charge in [0.1, 0.15) is 11.7 Å². The van der Waals surface area contributed by atoms with Crippen LogP contribution in [-0.2, 0) is 4.79 Å². The molecule has 3 aromatic rings. The minimum absolute atomic E-state index is 0.120. The Kier molecular flexibility index (Phi) is 4.89. The largest absolute Gasteiger partial charge is 0.463 e. The summed E-state index contributed by atoms with van der Waals surface area (Å²) in [6, 6.07) is 11.3. The Labute approximate surface area is 165 Å². The van der Waals surface area contributed by atoms with Crippen LogP contribution in [0.2, 0.25) is 5.02 Å². The number of aromatic nitrogens is 2. The first-order chi connectivity index (χ1) is 13.5. The van der Waals surface area contributed by atoms with Crippen molar-refractivity contribution in [3.8, 4) is 17.1 Å². The highest BCUT2D eigenvalue weighted by molar-refractivity contribution is 6.30. The smallest absolute Gasteiger partial charge is 0.272 e. The Balaban J connectivity index is 1.67. The van der Waals surface area contributed by atoms with Crippen molar-refractivity contribution in [2.75, 3.05) is 6.54 Å². The Morgan fingerprint density at radius 1 is 1.29 bits per heavy atom. The normalized spacial score (nSPS) is 17.0. The van der Waals surface area contributed by atoms with Crippen LogP contribution >= 0.6 is 11.6 Å². The molecular formula is C19H17ClN4O4. The highest BCUT2D eigenvalue weighted by Gasteiger charge is 2.30. The first-order valence-electron chi connectivity index (χ1n) is 8.74. The van der Waals surface area contributed by atoms with Gasteiger partial charge in [-0.25, -0.2) is 9.75 Å². The van der Waals surface area contributed by atoms with E-state index in [2.05, 4.69) is 10.4 Å². The number of halogens is 1. The second-order valence-electron chi connectivity index (χ2n) is 6.41. The van der Waals surface area contributed by atoms with Crippen molar-refractivity contribution in [1.29, 1.82) is 0 Å². The van der Waals surface area contributed by atoms with Gasteiger partial charge in [0.2, 0.25) is 0 Å². The highest BCUT2D eigenvalue weighted by Crippen LogP contribution is 2.26. The number of benzene rings is 1. The number of hydrogen-bond acceptors (Lipinski definition) is 5. The van der Waals surface area contributed by atoms with Crippen molar-refractivity contribution in [3.05, 3.63) is 59.4 Å². The summed E-state index contributed by atoms with van der Waals surface area (Å²) >= 11 is 6.09. The lowest BCUT2D eigenvalue weighted by molar-refractivity contribution is -0.172. The number of rotatable bonds is 4. The van der Waals surface area contributed by atoms with Crippen molar-refractivity contribution >= 4 is 23.4 Å². The number of carbonyl (C=O) groups excluding carboxylic acids is 2. The molecule has 1 saturated heterocycles. The summed E-state index contributed by atoms with van der Waals surface area (Å²) < 4.78 is 7.02. The topological polar surface area (TPSA) is 101 Å². The van der Waals surface area contributed by atoms with Gasteiger partial charge >= 0.3 is 0 Å². The van der Waals surface area contributed by atoms with Crippen molar-refractivity contribution in [2.45, 2.75) is 18.9 Å². The second-order valence-corrected chi connectivity index (χ2v) is 6.85. The van der Waals surface area contributed by atoms with Crippen molar-refractivity contribution in [2.24, 2.45) is 0 Å². The zero-order valence-corrected chi connectivity index (χ0v) is 15.5. The van der Waals surface area contributed by atoms with Gasteiger partial charge in [-0.3, -0.25) is 14.8 Å². The Morgan fingerprint density at radius 3 is 2.89 bits per heavy atom. The van der Waals surface area contributed by atoms with Gasteiger partial charge in [-0.2, -0.15) is 5.10 Å². The van der Waals surface area contributed by atoms with Crippen molar-refractivity contribution in [3.63, 3.8) is 0 Å². The van der Waals surface area contributed by atoms with Crippen molar-refractivity contribution < 1.29 is 19.2 Å². The molecule has 2 amide bonds. The fourth-order valence-electron chi connectivity index (χ4n) is 3.12. The standard InChI is InChI=1S/C19H17ClN4O4/c20-12-4-1-5-13(10-12)24-16(17-7-3-9-28-17)11-15(22-24)18(25)21-14-6-2-8-23(27)19(14)26/h1,3-5,7,9-11,14,27H,2,6,8H2,(H,21,25). The maximum Gasteiger partial charge on any atom is 0.272 e. The third kappa shape index (κ3) is 3.51. The van der Waals surface area contributed by atoms with Crippen LogP contribution in [0.4, 0.5) is 0 Å². The first kappa shape index (κ1) is 18.3. The highest BCUT2D eigenvalue weighted by atomic mass is 35.5. The minimum Gasteiger partial charge on any atom is -0.463 e. The molecule has 8 nitrogen and oxygen atoms in total. The molecule has 1 atom stereocenters. The van der Waals surface area contributed by atoms with E-state index in [1.807, 2.05) is 0 Å². The molecular weight excluding hydrogens is 384 g/mol. The lowest BCUT2D eigenvalue weighted by Crippen LogP contribution is -2.51. The lowest BCUT2D eigenvalue weighted by atomic mass is 10.1. The van der Waals surface area contributed by atoms with Crippen molar-refractivity contribution in [1.82, 2.24) is 20.2 Å². The Bertz CT molecular complexity index is 1010. The number of piperidine rings is 1. The number of carbonyl (C=O) groups is 2. The number of nitrogens with zero attached hydrogens (tertiary/aromatic N) is 3. The molecule has 1 unspecified atom stereocenters. The summed E-state index contributed by atoms with van der Waals surface area (Å²) in [7, 11) is 0. The molecule has 2 aromatic heterocycles. The van der Waals surface area contributed by atoms with Crippen LogP contribution in [0.1, 0.15) is 23.3 Å². The van der Waals surface area contributed by atoms with Crippen LogP contribution in [0, 0.1) is 0 Å². The van der Waals surface area contributed by atoms with Crippen LogP contribution in [-0.4, -0.2) is 44.5 Å². The van der Waals surface area contributed by atoms with Crippen LogP contribution in [0.15, 0.2) is 53.1 Å². The average Bonchev–Trinajstić information content (AvgIpc) is 3.35. The van der Waals surface area contributed by atoms with Gasteiger partial charge in [0, 0.05) is 17.6 Å². The van der Waals surface area contributed by atoms with Gasteiger partial charge in [0.15, 0.2) is 11.5 Å². The number of nitrogens with one attached hydrogen (secondary N) is 1. The van der Waals surface area contributed by atoms with E-state index in [1.165, 1.54) is 6.26 Å². The zero-order valence-electron chi connectivity index (χ0n) is 14.7. The van der Waals surface area contributed by atoms with Gasteiger partial charge in [0.25, 0.3) is 11.8 Å². The van der Waals surface area contributed by atoms with Crippen LogP contribution < -0.4 is 5.32 Å². The van der Waals surface area contributed by atoms with E-state index in [1.54, 1.807) is 47.1 Å².